The fraction of sp³-hybridized carbons (Fsp3) is 0.500. The Morgan fingerprint density at radius 3 is 3.00 bits per heavy atom. The summed E-state index contributed by atoms with van der Waals surface area (Å²) >= 11 is 0. The van der Waals surface area contributed by atoms with Gasteiger partial charge in [-0.1, -0.05) is 12.5 Å². The first-order valence-corrected chi connectivity index (χ1v) is 6.12. The summed E-state index contributed by atoms with van der Waals surface area (Å²) in [5, 5.41) is 21.8. The van der Waals surface area contributed by atoms with Crippen LogP contribution in [0.4, 0.5) is 5.69 Å². The largest absolute Gasteiger partial charge is 0.396 e. The van der Waals surface area contributed by atoms with Gasteiger partial charge in [0.25, 0.3) is 0 Å². The molecule has 0 bridgehead atoms. The number of benzene rings is 1. The van der Waals surface area contributed by atoms with Crippen molar-refractivity contribution in [1.82, 2.24) is 0 Å². The van der Waals surface area contributed by atoms with E-state index >= 15 is 0 Å². The van der Waals surface area contributed by atoms with Crippen molar-refractivity contribution in [3.8, 4) is 6.07 Å². The molecule has 2 N–H and O–H groups in total. The van der Waals surface area contributed by atoms with Crippen molar-refractivity contribution in [1.29, 1.82) is 5.26 Å². The number of aliphatic hydroxyl groups is 1. The number of hydrogen-bond donors (Lipinski definition) is 2. The third-order valence-electron chi connectivity index (χ3n) is 3.53. The molecular weight excluding hydrogens is 212 g/mol. The van der Waals surface area contributed by atoms with Crippen LogP contribution in [0.1, 0.15) is 30.4 Å². The molecule has 2 rings (SSSR count). The number of aliphatic hydroxyl groups excluding tert-OH is 1. The zero-order chi connectivity index (χ0) is 12.3. The van der Waals surface area contributed by atoms with Crippen molar-refractivity contribution in [2.45, 2.75) is 32.2 Å². The van der Waals surface area contributed by atoms with Gasteiger partial charge in [-0.3, -0.25) is 0 Å². The molecule has 0 heterocycles. The second-order valence-electron chi connectivity index (χ2n) is 4.79. The van der Waals surface area contributed by atoms with Crippen LogP contribution in [0.25, 0.3) is 0 Å². The maximum absolute atomic E-state index is 9.29. The predicted octanol–water partition coefficient (Wildman–Crippen LogP) is 2.44. The molecule has 3 heteroatoms. The van der Waals surface area contributed by atoms with Gasteiger partial charge in [0.1, 0.15) is 6.07 Å². The SMILES string of the molecule is Cc1ccc(C#N)c(NC2CCCC2CO)c1. The maximum Gasteiger partial charge on any atom is 0.101 e. The van der Waals surface area contributed by atoms with Gasteiger partial charge in [-0.2, -0.15) is 5.26 Å². The average molecular weight is 230 g/mol. The Morgan fingerprint density at radius 1 is 1.47 bits per heavy atom. The second-order valence-corrected chi connectivity index (χ2v) is 4.79. The monoisotopic (exact) mass is 230 g/mol. The Hall–Kier alpha value is -1.53. The molecule has 0 radical (unpaired) electrons. The van der Waals surface area contributed by atoms with Crippen LogP contribution in [0, 0.1) is 24.2 Å². The normalized spacial score (nSPS) is 23.4. The Kier molecular flexibility index (Phi) is 3.65. The summed E-state index contributed by atoms with van der Waals surface area (Å²) in [6, 6.07) is 8.30. The van der Waals surface area contributed by atoms with Crippen molar-refractivity contribution >= 4 is 5.69 Å². The highest BCUT2D eigenvalue weighted by Gasteiger charge is 2.26. The highest BCUT2D eigenvalue weighted by Crippen LogP contribution is 2.29. The highest BCUT2D eigenvalue weighted by atomic mass is 16.3. The van der Waals surface area contributed by atoms with Crippen molar-refractivity contribution in [3.05, 3.63) is 29.3 Å². The van der Waals surface area contributed by atoms with Crippen molar-refractivity contribution in [2.24, 2.45) is 5.92 Å². The fourth-order valence-corrected chi connectivity index (χ4v) is 2.52. The molecule has 0 aromatic heterocycles. The van der Waals surface area contributed by atoms with Crippen LogP contribution >= 0.6 is 0 Å². The van der Waals surface area contributed by atoms with E-state index in [1.54, 1.807) is 0 Å². The van der Waals surface area contributed by atoms with Gasteiger partial charge < -0.3 is 10.4 Å². The molecule has 0 aliphatic heterocycles. The van der Waals surface area contributed by atoms with Crippen LogP contribution in [0.15, 0.2) is 18.2 Å². The zero-order valence-corrected chi connectivity index (χ0v) is 10.1. The molecule has 0 saturated heterocycles. The van der Waals surface area contributed by atoms with E-state index in [4.69, 9.17) is 5.26 Å². The van der Waals surface area contributed by atoms with E-state index < -0.39 is 0 Å². The van der Waals surface area contributed by atoms with Gasteiger partial charge in [0.15, 0.2) is 0 Å². The quantitative estimate of drug-likeness (QED) is 0.838. The van der Waals surface area contributed by atoms with Gasteiger partial charge in [-0.05, 0) is 37.5 Å². The lowest BCUT2D eigenvalue weighted by molar-refractivity contribution is 0.222. The molecule has 1 aliphatic rings. The summed E-state index contributed by atoms with van der Waals surface area (Å²) in [7, 11) is 0. The van der Waals surface area contributed by atoms with Crippen LogP contribution in [0.3, 0.4) is 0 Å². The lowest BCUT2D eigenvalue weighted by Crippen LogP contribution is -2.26. The lowest BCUT2D eigenvalue weighted by atomic mass is 10.0. The fourth-order valence-electron chi connectivity index (χ4n) is 2.52. The molecule has 0 spiro atoms. The van der Waals surface area contributed by atoms with Gasteiger partial charge in [0, 0.05) is 18.6 Å². The molecule has 1 aromatic rings. The van der Waals surface area contributed by atoms with Gasteiger partial charge in [-0.15, -0.1) is 0 Å². The number of hydrogen-bond acceptors (Lipinski definition) is 3. The van der Waals surface area contributed by atoms with Gasteiger partial charge in [-0.25, -0.2) is 0 Å². The molecule has 1 aliphatic carbocycles. The number of anilines is 1. The smallest absolute Gasteiger partial charge is 0.101 e. The molecule has 17 heavy (non-hydrogen) atoms. The first-order chi connectivity index (χ1) is 8.24. The summed E-state index contributed by atoms with van der Waals surface area (Å²) < 4.78 is 0. The molecule has 3 nitrogen and oxygen atoms in total. The van der Waals surface area contributed by atoms with E-state index in [0.717, 1.165) is 30.5 Å². The van der Waals surface area contributed by atoms with Gasteiger partial charge >= 0.3 is 0 Å². The zero-order valence-electron chi connectivity index (χ0n) is 10.1. The second kappa shape index (κ2) is 5.20. The van der Waals surface area contributed by atoms with Gasteiger partial charge in [0.2, 0.25) is 0 Å². The maximum atomic E-state index is 9.29. The highest BCUT2D eigenvalue weighted by molar-refractivity contribution is 5.59. The third-order valence-corrected chi connectivity index (χ3v) is 3.53. The minimum absolute atomic E-state index is 0.228. The Bertz CT molecular complexity index is 436. The summed E-state index contributed by atoms with van der Waals surface area (Å²) in [4.78, 5) is 0. The van der Waals surface area contributed by atoms with Crippen molar-refractivity contribution in [2.75, 3.05) is 11.9 Å². The number of rotatable bonds is 3. The summed E-state index contributed by atoms with van der Waals surface area (Å²) in [5.41, 5.74) is 2.72. The topological polar surface area (TPSA) is 56.0 Å². The van der Waals surface area contributed by atoms with Gasteiger partial charge in [0.05, 0.1) is 11.3 Å². The van der Waals surface area contributed by atoms with E-state index in [0.29, 0.717) is 17.5 Å². The average Bonchev–Trinajstić information content (AvgIpc) is 2.77. The van der Waals surface area contributed by atoms with E-state index in [2.05, 4.69) is 11.4 Å². The molecule has 1 fully saturated rings. The standard InChI is InChI=1S/C14H18N2O/c1-10-5-6-11(8-15)14(7-10)16-13-4-2-3-12(13)9-17/h5-7,12-13,16-17H,2-4,9H2,1H3. The van der Waals surface area contributed by atoms with Crippen LogP contribution in [0.5, 0.6) is 0 Å². The minimum atomic E-state index is 0.228. The third kappa shape index (κ3) is 2.59. The Balaban J connectivity index is 2.18. The van der Waals surface area contributed by atoms with E-state index in [9.17, 15) is 5.11 Å². The Labute approximate surface area is 102 Å². The molecule has 2 unspecified atom stereocenters. The molecule has 0 amide bonds. The molecule has 90 valence electrons. The minimum Gasteiger partial charge on any atom is -0.396 e. The Morgan fingerprint density at radius 2 is 2.29 bits per heavy atom. The number of aryl methyl sites for hydroxylation is 1. The first-order valence-electron chi connectivity index (χ1n) is 6.12. The van der Waals surface area contributed by atoms with Crippen LogP contribution in [-0.2, 0) is 0 Å². The number of nitrogens with zero attached hydrogens (tertiary/aromatic N) is 1. The first kappa shape index (κ1) is 11.9. The van der Waals surface area contributed by atoms with Crippen LogP contribution in [-0.4, -0.2) is 17.8 Å². The van der Waals surface area contributed by atoms with Crippen molar-refractivity contribution in [3.63, 3.8) is 0 Å². The van der Waals surface area contributed by atoms with Crippen molar-refractivity contribution < 1.29 is 5.11 Å². The number of nitriles is 1. The lowest BCUT2D eigenvalue weighted by Gasteiger charge is -2.21. The van der Waals surface area contributed by atoms with E-state index in [1.807, 2.05) is 25.1 Å². The van der Waals surface area contributed by atoms with Crippen LogP contribution < -0.4 is 5.32 Å². The summed E-state index contributed by atoms with van der Waals surface area (Å²) in [6.45, 7) is 2.25. The van der Waals surface area contributed by atoms with E-state index in [1.165, 1.54) is 0 Å². The van der Waals surface area contributed by atoms with E-state index in [-0.39, 0.29) is 6.61 Å². The molecule has 1 aromatic carbocycles. The molecule has 1 saturated carbocycles. The number of nitrogens with one attached hydrogen (secondary N) is 1. The predicted molar refractivity (Wildman–Crippen MR) is 67.7 cm³/mol. The summed E-state index contributed by atoms with van der Waals surface area (Å²) in [5.74, 6) is 0.321. The molecular formula is C14H18N2O. The molecule has 2 atom stereocenters. The summed E-state index contributed by atoms with van der Waals surface area (Å²) in [6.07, 6.45) is 3.29. The van der Waals surface area contributed by atoms with Crippen LogP contribution in [0.2, 0.25) is 0 Å².